The maximum Gasteiger partial charge on any atom is 0.417 e. The molecule has 1 aliphatic rings. The highest BCUT2D eigenvalue weighted by molar-refractivity contribution is 7.80. The first-order valence-electron chi connectivity index (χ1n) is 6.23. The van der Waals surface area contributed by atoms with Crippen LogP contribution in [0.15, 0.2) is 18.2 Å². The second-order valence-corrected chi connectivity index (χ2v) is 4.98. The summed E-state index contributed by atoms with van der Waals surface area (Å²) < 4.78 is 44.0. The van der Waals surface area contributed by atoms with Gasteiger partial charge in [-0.15, -0.1) is 0 Å². The average Bonchev–Trinajstić information content (AvgIpc) is 2.65. The first kappa shape index (κ1) is 15.1. The topological polar surface area (TPSA) is 38.5 Å². The lowest BCUT2D eigenvalue weighted by Crippen LogP contribution is -2.27. The number of benzene rings is 1. The average molecular weight is 304 g/mol. The van der Waals surface area contributed by atoms with Gasteiger partial charge in [-0.1, -0.05) is 12.2 Å². The van der Waals surface area contributed by atoms with Crippen LogP contribution < -0.4 is 10.6 Å². The molecule has 1 fully saturated rings. The molecule has 0 amide bonds. The molecule has 2 N–H and O–H groups in total. The number of thiocarbonyl (C=S) groups is 1. The maximum absolute atomic E-state index is 12.9. The van der Waals surface area contributed by atoms with Crippen LogP contribution in [0, 0.1) is 0 Å². The summed E-state index contributed by atoms with van der Waals surface area (Å²) in [6.45, 7) is 2.60. The van der Waals surface area contributed by atoms with Gasteiger partial charge in [-0.25, -0.2) is 0 Å². The zero-order valence-corrected chi connectivity index (χ0v) is 11.6. The molecule has 0 spiro atoms. The number of alkyl halides is 3. The normalized spacial score (nSPS) is 16.9. The van der Waals surface area contributed by atoms with Crippen molar-refractivity contribution in [3.63, 3.8) is 0 Å². The molecule has 1 aromatic carbocycles. The summed E-state index contributed by atoms with van der Waals surface area (Å²) in [5, 5.41) is 0. The molecular weight excluding hydrogens is 289 g/mol. The summed E-state index contributed by atoms with van der Waals surface area (Å²) >= 11 is 4.74. The van der Waals surface area contributed by atoms with Crippen molar-refractivity contribution in [1.29, 1.82) is 0 Å². The van der Waals surface area contributed by atoms with Crippen molar-refractivity contribution >= 4 is 22.9 Å². The largest absolute Gasteiger partial charge is 0.417 e. The Bertz CT molecular complexity index is 497. The molecule has 0 atom stereocenters. The van der Waals surface area contributed by atoms with Crippen LogP contribution in [0.25, 0.3) is 0 Å². The van der Waals surface area contributed by atoms with Crippen LogP contribution >= 0.6 is 12.2 Å². The third-order valence-corrected chi connectivity index (χ3v) is 3.38. The fraction of sp³-hybridized carbons (Fsp3) is 0.462. The van der Waals surface area contributed by atoms with Gasteiger partial charge in [-0.3, -0.25) is 0 Å². The minimum Gasteiger partial charge on any atom is -0.389 e. The van der Waals surface area contributed by atoms with Crippen LogP contribution in [0.3, 0.4) is 0 Å². The first-order chi connectivity index (χ1) is 9.39. The highest BCUT2D eigenvalue weighted by atomic mass is 32.1. The van der Waals surface area contributed by atoms with Gasteiger partial charge in [0.15, 0.2) is 0 Å². The number of anilines is 1. The molecule has 1 saturated heterocycles. The molecule has 2 rings (SSSR count). The monoisotopic (exact) mass is 304 g/mol. The molecule has 1 heterocycles. The van der Waals surface area contributed by atoms with Crippen molar-refractivity contribution in [2.24, 2.45) is 5.73 Å². The van der Waals surface area contributed by atoms with E-state index in [2.05, 4.69) is 0 Å². The number of halogens is 3. The van der Waals surface area contributed by atoms with E-state index in [-0.39, 0.29) is 10.6 Å². The number of hydrogen-bond donors (Lipinski definition) is 1. The fourth-order valence-electron chi connectivity index (χ4n) is 2.18. The third-order valence-electron chi connectivity index (χ3n) is 3.16. The Hall–Kier alpha value is -1.34. The smallest absolute Gasteiger partial charge is 0.389 e. The molecule has 1 aliphatic heterocycles. The molecule has 20 heavy (non-hydrogen) atoms. The molecular formula is C13H15F3N2OS. The molecule has 1 aromatic rings. The van der Waals surface area contributed by atoms with Crippen LogP contribution in [-0.4, -0.2) is 31.3 Å². The van der Waals surface area contributed by atoms with Gasteiger partial charge in [0.05, 0.1) is 12.2 Å². The standard InChI is InChI=1S/C13H15F3N2OS/c14-13(15,16)11-3-2-9(8-10(11)12(17)20)18-4-1-6-19-7-5-18/h2-3,8H,1,4-7H2,(H2,17,20). The fourth-order valence-corrected chi connectivity index (χ4v) is 2.35. The highest BCUT2D eigenvalue weighted by Crippen LogP contribution is 2.34. The summed E-state index contributed by atoms with van der Waals surface area (Å²) in [5.41, 5.74) is 5.19. The number of hydrogen-bond acceptors (Lipinski definition) is 3. The SMILES string of the molecule is NC(=S)c1cc(N2CCCOCC2)ccc1C(F)(F)F. The molecule has 0 bridgehead atoms. The maximum atomic E-state index is 12.9. The van der Waals surface area contributed by atoms with E-state index < -0.39 is 11.7 Å². The van der Waals surface area contributed by atoms with E-state index in [1.165, 1.54) is 12.1 Å². The predicted molar refractivity (Wildman–Crippen MR) is 75.0 cm³/mol. The molecule has 3 nitrogen and oxygen atoms in total. The molecule has 0 aromatic heterocycles. The Morgan fingerprint density at radius 3 is 2.65 bits per heavy atom. The van der Waals surface area contributed by atoms with E-state index in [9.17, 15) is 13.2 Å². The minimum absolute atomic E-state index is 0.129. The van der Waals surface area contributed by atoms with E-state index >= 15 is 0 Å². The Balaban J connectivity index is 2.36. The van der Waals surface area contributed by atoms with Crippen molar-refractivity contribution in [2.45, 2.75) is 12.6 Å². The van der Waals surface area contributed by atoms with Crippen LogP contribution in [-0.2, 0) is 10.9 Å². The van der Waals surface area contributed by atoms with Gasteiger partial charge in [0.1, 0.15) is 4.99 Å². The quantitative estimate of drug-likeness (QED) is 0.852. The lowest BCUT2D eigenvalue weighted by molar-refractivity contribution is -0.137. The molecule has 0 saturated carbocycles. The van der Waals surface area contributed by atoms with Crippen molar-refractivity contribution in [1.82, 2.24) is 0 Å². The van der Waals surface area contributed by atoms with Crippen LogP contribution in [0.4, 0.5) is 18.9 Å². The van der Waals surface area contributed by atoms with Gasteiger partial charge in [0.2, 0.25) is 0 Å². The minimum atomic E-state index is -4.46. The highest BCUT2D eigenvalue weighted by Gasteiger charge is 2.34. The molecule has 0 unspecified atom stereocenters. The van der Waals surface area contributed by atoms with Crippen LogP contribution in [0.1, 0.15) is 17.5 Å². The third kappa shape index (κ3) is 3.40. The van der Waals surface area contributed by atoms with Gasteiger partial charge in [-0.05, 0) is 24.6 Å². The van der Waals surface area contributed by atoms with Crippen LogP contribution in [0.5, 0.6) is 0 Å². The summed E-state index contributed by atoms with van der Waals surface area (Å²) in [6, 6.07) is 3.90. The second kappa shape index (κ2) is 5.97. The van der Waals surface area contributed by atoms with Crippen molar-refractivity contribution < 1.29 is 17.9 Å². The number of ether oxygens (including phenoxy) is 1. The van der Waals surface area contributed by atoms with Gasteiger partial charge in [0, 0.05) is 30.9 Å². The Morgan fingerprint density at radius 1 is 1.25 bits per heavy atom. The summed E-state index contributed by atoms with van der Waals surface area (Å²) in [5.74, 6) is 0. The number of rotatable bonds is 2. The van der Waals surface area contributed by atoms with E-state index in [1.807, 2.05) is 4.90 Å². The lowest BCUT2D eigenvalue weighted by atomic mass is 10.1. The molecule has 0 radical (unpaired) electrons. The van der Waals surface area contributed by atoms with E-state index in [1.54, 1.807) is 0 Å². The Morgan fingerprint density at radius 2 is 2.00 bits per heavy atom. The zero-order valence-electron chi connectivity index (χ0n) is 10.7. The number of nitrogens with two attached hydrogens (primary N) is 1. The van der Waals surface area contributed by atoms with Crippen molar-refractivity contribution in [3.8, 4) is 0 Å². The Labute approximate surface area is 120 Å². The van der Waals surface area contributed by atoms with Gasteiger partial charge in [0.25, 0.3) is 0 Å². The molecule has 110 valence electrons. The van der Waals surface area contributed by atoms with E-state index in [0.717, 1.165) is 19.0 Å². The van der Waals surface area contributed by atoms with Gasteiger partial charge >= 0.3 is 6.18 Å². The Kier molecular flexibility index (Phi) is 4.49. The molecule has 0 aliphatic carbocycles. The molecule has 7 heteroatoms. The second-order valence-electron chi connectivity index (χ2n) is 4.54. The van der Waals surface area contributed by atoms with Crippen molar-refractivity contribution in [3.05, 3.63) is 29.3 Å². The summed E-state index contributed by atoms with van der Waals surface area (Å²) in [4.78, 5) is 1.74. The van der Waals surface area contributed by atoms with Gasteiger partial charge < -0.3 is 15.4 Å². The lowest BCUT2D eigenvalue weighted by Gasteiger charge is -2.23. The summed E-state index contributed by atoms with van der Waals surface area (Å²) in [7, 11) is 0. The van der Waals surface area contributed by atoms with E-state index in [0.29, 0.717) is 25.4 Å². The summed E-state index contributed by atoms with van der Waals surface area (Å²) in [6.07, 6.45) is -3.62. The van der Waals surface area contributed by atoms with E-state index in [4.69, 9.17) is 22.7 Å². The van der Waals surface area contributed by atoms with Crippen LogP contribution in [0.2, 0.25) is 0 Å². The van der Waals surface area contributed by atoms with Crippen molar-refractivity contribution in [2.75, 3.05) is 31.2 Å². The van der Waals surface area contributed by atoms with Gasteiger partial charge in [-0.2, -0.15) is 13.2 Å². The zero-order chi connectivity index (χ0) is 14.8. The number of nitrogens with zero attached hydrogens (tertiary/aromatic N) is 1. The first-order valence-corrected chi connectivity index (χ1v) is 6.64. The predicted octanol–water partition coefficient (Wildman–Crippen LogP) is 2.57.